The van der Waals surface area contributed by atoms with Crippen molar-refractivity contribution in [3.63, 3.8) is 0 Å². The van der Waals surface area contributed by atoms with E-state index in [1.165, 1.54) is 5.56 Å². The van der Waals surface area contributed by atoms with Crippen molar-refractivity contribution >= 4 is 17.5 Å². The van der Waals surface area contributed by atoms with Crippen molar-refractivity contribution < 1.29 is 4.52 Å². The van der Waals surface area contributed by atoms with Crippen LogP contribution in [0.2, 0.25) is 0 Å². The lowest BCUT2D eigenvalue weighted by Gasteiger charge is -2.22. The lowest BCUT2D eigenvalue weighted by molar-refractivity contribution is 0.400. The van der Waals surface area contributed by atoms with Crippen LogP contribution in [-0.4, -0.2) is 21.7 Å². The highest BCUT2D eigenvalue weighted by atomic mass is 16.5. The number of aryl methyl sites for hydroxylation is 1. The van der Waals surface area contributed by atoms with E-state index in [0.717, 1.165) is 24.7 Å². The zero-order chi connectivity index (χ0) is 16.1. The second-order valence-electron chi connectivity index (χ2n) is 5.21. The summed E-state index contributed by atoms with van der Waals surface area (Å²) in [5.74, 6) is 2.95. The summed E-state index contributed by atoms with van der Waals surface area (Å²) in [6.07, 6.45) is 1.55. The van der Waals surface area contributed by atoms with Crippen molar-refractivity contribution in [3.8, 4) is 0 Å². The first kappa shape index (κ1) is 15.0. The maximum atomic E-state index is 5.05. The van der Waals surface area contributed by atoms with E-state index in [1.807, 2.05) is 37.3 Å². The standard InChI is InChI=1S/C17H19N5O/c1-3-22(11-14-7-5-4-6-8-14)17-10-15(18-12-19-17)20-16-9-13(2)23-21-16/h4-10,12H,3,11H2,1-2H3,(H,18,19,20,21). The van der Waals surface area contributed by atoms with Gasteiger partial charge in [-0.3, -0.25) is 0 Å². The minimum absolute atomic E-state index is 0.637. The summed E-state index contributed by atoms with van der Waals surface area (Å²) in [6.45, 7) is 5.62. The Labute approximate surface area is 135 Å². The average molecular weight is 309 g/mol. The number of anilines is 3. The maximum Gasteiger partial charge on any atom is 0.175 e. The lowest BCUT2D eigenvalue weighted by atomic mass is 10.2. The van der Waals surface area contributed by atoms with Crippen molar-refractivity contribution in [2.75, 3.05) is 16.8 Å². The number of nitrogens with zero attached hydrogens (tertiary/aromatic N) is 4. The molecule has 0 aliphatic rings. The van der Waals surface area contributed by atoms with Gasteiger partial charge in [-0.15, -0.1) is 0 Å². The smallest absolute Gasteiger partial charge is 0.175 e. The van der Waals surface area contributed by atoms with Crippen LogP contribution in [0.3, 0.4) is 0 Å². The van der Waals surface area contributed by atoms with Gasteiger partial charge >= 0.3 is 0 Å². The molecule has 2 heterocycles. The summed E-state index contributed by atoms with van der Waals surface area (Å²) in [7, 11) is 0. The minimum Gasteiger partial charge on any atom is -0.360 e. The van der Waals surface area contributed by atoms with E-state index in [4.69, 9.17) is 4.52 Å². The molecule has 0 radical (unpaired) electrons. The van der Waals surface area contributed by atoms with Gasteiger partial charge in [0.2, 0.25) is 0 Å². The molecule has 2 aromatic heterocycles. The molecule has 3 rings (SSSR count). The molecule has 0 atom stereocenters. The van der Waals surface area contributed by atoms with E-state index in [2.05, 4.69) is 44.4 Å². The molecule has 1 aromatic carbocycles. The molecule has 0 aliphatic heterocycles. The van der Waals surface area contributed by atoms with E-state index in [-0.39, 0.29) is 0 Å². The Morgan fingerprint density at radius 1 is 1.09 bits per heavy atom. The summed E-state index contributed by atoms with van der Waals surface area (Å²) in [4.78, 5) is 10.8. The van der Waals surface area contributed by atoms with Crippen LogP contribution in [0.5, 0.6) is 0 Å². The van der Waals surface area contributed by atoms with E-state index in [1.54, 1.807) is 6.33 Å². The van der Waals surface area contributed by atoms with Gasteiger partial charge in [-0.05, 0) is 19.4 Å². The highest BCUT2D eigenvalue weighted by molar-refractivity contribution is 5.56. The number of aromatic nitrogens is 3. The van der Waals surface area contributed by atoms with Gasteiger partial charge in [0.1, 0.15) is 23.7 Å². The Morgan fingerprint density at radius 2 is 1.91 bits per heavy atom. The van der Waals surface area contributed by atoms with Crippen LogP contribution in [0.1, 0.15) is 18.2 Å². The summed E-state index contributed by atoms with van der Waals surface area (Å²) in [6, 6.07) is 14.1. The summed E-state index contributed by atoms with van der Waals surface area (Å²) in [5.41, 5.74) is 1.24. The second-order valence-corrected chi connectivity index (χ2v) is 5.21. The molecule has 0 spiro atoms. The van der Waals surface area contributed by atoms with Gasteiger partial charge in [0, 0.05) is 25.2 Å². The number of benzene rings is 1. The molecule has 0 fully saturated rings. The number of hydrogen-bond donors (Lipinski definition) is 1. The van der Waals surface area contributed by atoms with Crippen molar-refractivity contribution in [3.05, 3.63) is 60.1 Å². The zero-order valence-corrected chi connectivity index (χ0v) is 13.2. The van der Waals surface area contributed by atoms with Crippen molar-refractivity contribution in [1.29, 1.82) is 0 Å². The summed E-state index contributed by atoms with van der Waals surface area (Å²) >= 11 is 0. The van der Waals surface area contributed by atoms with Crippen molar-refractivity contribution in [2.45, 2.75) is 20.4 Å². The maximum absolute atomic E-state index is 5.05. The van der Waals surface area contributed by atoms with Gasteiger partial charge < -0.3 is 14.7 Å². The van der Waals surface area contributed by atoms with Crippen LogP contribution < -0.4 is 10.2 Å². The Balaban J connectivity index is 1.77. The molecule has 1 N–H and O–H groups in total. The minimum atomic E-state index is 0.637. The summed E-state index contributed by atoms with van der Waals surface area (Å²) in [5, 5.41) is 7.04. The molecule has 0 aliphatic carbocycles. The highest BCUT2D eigenvalue weighted by Gasteiger charge is 2.09. The van der Waals surface area contributed by atoms with E-state index >= 15 is 0 Å². The highest BCUT2D eigenvalue weighted by Crippen LogP contribution is 2.19. The predicted molar refractivity (Wildman–Crippen MR) is 89.7 cm³/mol. The fourth-order valence-corrected chi connectivity index (χ4v) is 2.30. The molecule has 0 saturated heterocycles. The van der Waals surface area contributed by atoms with E-state index < -0.39 is 0 Å². The van der Waals surface area contributed by atoms with E-state index in [9.17, 15) is 0 Å². The predicted octanol–water partition coefficient (Wildman–Crippen LogP) is 3.54. The quantitative estimate of drug-likeness (QED) is 0.751. The first-order valence-electron chi connectivity index (χ1n) is 7.56. The molecule has 23 heavy (non-hydrogen) atoms. The molecular formula is C17H19N5O. The van der Waals surface area contributed by atoms with Gasteiger partial charge in [-0.1, -0.05) is 35.5 Å². The largest absolute Gasteiger partial charge is 0.360 e. The van der Waals surface area contributed by atoms with Crippen LogP contribution in [0.25, 0.3) is 0 Å². The molecule has 0 bridgehead atoms. The first-order valence-corrected chi connectivity index (χ1v) is 7.56. The average Bonchev–Trinajstić information content (AvgIpc) is 2.99. The summed E-state index contributed by atoms with van der Waals surface area (Å²) < 4.78 is 5.05. The molecular weight excluding hydrogens is 290 g/mol. The first-order chi connectivity index (χ1) is 11.2. The third-order valence-corrected chi connectivity index (χ3v) is 3.46. The van der Waals surface area contributed by atoms with E-state index in [0.29, 0.717) is 11.6 Å². The Kier molecular flexibility index (Phi) is 4.52. The van der Waals surface area contributed by atoms with Gasteiger partial charge in [-0.2, -0.15) is 0 Å². The van der Waals surface area contributed by atoms with Gasteiger partial charge in [-0.25, -0.2) is 9.97 Å². The molecule has 118 valence electrons. The Bertz CT molecular complexity index is 756. The monoisotopic (exact) mass is 309 g/mol. The fourth-order valence-electron chi connectivity index (χ4n) is 2.30. The third-order valence-electron chi connectivity index (χ3n) is 3.46. The third kappa shape index (κ3) is 3.85. The molecule has 0 saturated carbocycles. The Morgan fingerprint density at radius 3 is 2.61 bits per heavy atom. The van der Waals surface area contributed by atoms with Crippen LogP contribution in [-0.2, 0) is 6.54 Å². The van der Waals surface area contributed by atoms with Crippen LogP contribution in [0.15, 0.2) is 53.3 Å². The zero-order valence-electron chi connectivity index (χ0n) is 13.2. The fraction of sp³-hybridized carbons (Fsp3) is 0.235. The van der Waals surface area contributed by atoms with Crippen molar-refractivity contribution in [1.82, 2.24) is 15.1 Å². The van der Waals surface area contributed by atoms with Gasteiger partial charge in [0.05, 0.1) is 0 Å². The van der Waals surface area contributed by atoms with Crippen LogP contribution in [0, 0.1) is 6.92 Å². The van der Waals surface area contributed by atoms with Gasteiger partial charge in [0.15, 0.2) is 5.82 Å². The SMILES string of the molecule is CCN(Cc1ccccc1)c1cc(Nc2cc(C)on2)ncn1. The van der Waals surface area contributed by atoms with Gasteiger partial charge in [0.25, 0.3) is 0 Å². The van der Waals surface area contributed by atoms with Crippen LogP contribution >= 0.6 is 0 Å². The number of nitrogens with one attached hydrogen (secondary N) is 1. The molecule has 6 heteroatoms. The number of rotatable bonds is 6. The lowest BCUT2D eigenvalue weighted by Crippen LogP contribution is -2.23. The normalized spacial score (nSPS) is 10.5. The van der Waals surface area contributed by atoms with Crippen LogP contribution in [0.4, 0.5) is 17.5 Å². The molecule has 0 unspecified atom stereocenters. The Hall–Kier alpha value is -2.89. The molecule has 3 aromatic rings. The van der Waals surface area contributed by atoms with Crippen molar-refractivity contribution in [2.24, 2.45) is 0 Å². The number of hydrogen-bond acceptors (Lipinski definition) is 6. The molecule has 0 amide bonds. The molecule has 6 nitrogen and oxygen atoms in total. The topological polar surface area (TPSA) is 67.1 Å². The second kappa shape index (κ2) is 6.91.